The lowest BCUT2D eigenvalue weighted by Gasteiger charge is -2.27. The van der Waals surface area contributed by atoms with Crippen LogP contribution in [0.2, 0.25) is 0 Å². The molecule has 1 saturated heterocycles. The Morgan fingerprint density at radius 2 is 2.35 bits per heavy atom. The molecule has 0 bridgehead atoms. The maximum atomic E-state index is 12.3. The summed E-state index contributed by atoms with van der Waals surface area (Å²) in [5.41, 5.74) is 0.296. The number of methoxy groups -OCH3 is 1. The first-order chi connectivity index (χ1) is 9.61. The highest BCUT2D eigenvalue weighted by atomic mass is 16.5. The first-order valence-corrected chi connectivity index (χ1v) is 6.82. The van der Waals surface area contributed by atoms with Crippen molar-refractivity contribution in [2.24, 2.45) is 5.92 Å². The second kappa shape index (κ2) is 6.61. The third kappa shape index (κ3) is 3.42. The number of hydrogen-bond donors (Lipinski definition) is 1. The van der Waals surface area contributed by atoms with Crippen LogP contribution in [-0.2, 0) is 4.74 Å². The number of rotatable bonds is 4. The van der Waals surface area contributed by atoms with Crippen molar-refractivity contribution in [2.75, 3.05) is 33.9 Å². The summed E-state index contributed by atoms with van der Waals surface area (Å²) in [7, 11) is 3.27. The molecule has 1 fully saturated rings. The molecule has 1 aromatic carbocycles. The van der Waals surface area contributed by atoms with Crippen molar-refractivity contribution in [3.8, 4) is 11.5 Å². The van der Waals surface area contributed by atoms with Gasteiger partial charge in [-0.05, 0) is 30.9 Å². The fourth-order valence-corrected chi connectivity index (χ4v) is 2.45. The predicted molar refractivity (Wildman–Crippen MR) is 75.2 cm³/mol. The fraction of sp³-hybridized carbons (Fsp3) is 0.533. The summed E-state index contributed by atoms with van der Waals surface area (Å²) in [6.45, 7) is 2.16. The molecule has 0 spiro atoms. The molecule has 0 aliphatic carbocycles. The average molecular weight is 279 g/mol. The zero-order valence-electron chi connectivity index (χ0n) is 12.0. The number of hydrogen-bond acceptors (Lipinski definition) is 4. The number of benzene rings is 1. The first-order valence-electron chi connectivity index (χ1n) is 6.82. The topological polar surface area (TPSA) is 59.0 Å². The normalized spacial score (nSPS) is 18.6. The van der Waals surface area contributed by atoms with E-state index in [2.05, 4.69) is 0 Å². The minimum absolute atomic E-state index is 0.0545. The molecule has 2 rings (SSSR count). The fourth-order valence-electron chi connectivity index (χ4n) is 2.45. The van der Waals surface area contributed by atoms with Gasteiger partial charge in [0.1, 0.15) is 11.5 Å². The highest BCUT2D eigenvalue weighted by Gasteiger charge is 2.21. The van der Waals surface area contributed by atoms with Gasteiger partial charge < -0.3 is 19.5 Å². The second-order valence-electron chi connectivity index (χ2n) is 5.15. The quantitative estimate of drug-likeness (QED) is 0.914. The van der Waals surface area contributed by atoms with E-state index in [1.165, 1.54) is 13.2 Å². The summed E-state index contributed by atoms with van der Waals surface area (Å²) >= 11 is 0. The van der Waals surface area contributed by atoms with Crippen LogP contribution in [0.4, 0.5) is 0 Å². The van der Waals surface area contributed by atoms with Crippen molar-refractivity contribution >= 4 is 5.91 Å². The molecular weight excluding hydrogens is 258 g/mol. The average Bonchev–Trinajstić information content (AvgIpc) is 2.47. The van der Waals surface area contributed by atoms with Crippen molar-refractivity contribution in [3.05, 3.63) is 23.8 Å². The molecule has 110 valence electrons. The monoisotopic (exact) mass is 279 g/mol. The highest BCUT2D eigenvalue weighted by molar-refractivity contribution is 5.96. The number of phenols is 1. The number of carbonyl (C=O) groups is 1. The molecule has 1 unspecified atom stereocenters. The van der Waals surface area contributed by atoms with E-state index in [1.54, 1.807) is 24.1 Å². The molecule has 1 amide bonds. The van der Waals surface area contributed by atoms with Gasteiger partial charge in [-0.1, -0.05) is 0 Å². The molecule has 1 heterocycles. The zero-order chi connectivity index (χ0) is 14.5. The third-order valence-electron chi connectivity index (χ3n) is 3.57. The molecule has 5 heteroatoms. The van der Waals surface area contributed by atoms with Crippen LogP contribution in [0.25, 0.3) is 0 Å². The van der Waals surface area contributed by atoms with E-state index >= 15 is 0 Å². The van der Waals surface area contributed by atoms with Gasteiger partial charge in [0.05, 0.1) is 19.3 Å². The molecule has 1 aliphatic heterocycles. The number of amides is 1. The Morgan fingerprint density at radius 3 is 2.95 bits per heavy atom. The Labute approximate surface area is 119 Å². The summed E-state index contributed by atoms with van der Waals surface area (Å²) in [4.78, 5) is 14.0. The van der Waals surface area contributed by atoms with Crippen LogP contribution in [0.1, 0.15) is 23.2 Å². The second-order valence-corrected chi connectivity index (χ2v) is 5.15. The zero-order valence-corrected chi connectivity index (χ0v) is 12.0. The third-order valence-corrected chi connectivity index (χ3v) is 3.57. The summed E-state index contributed by atoms with van der Waals surface area (Å²) in [6, 6.07) is 4.71. The Hall–Kier alpha value is -1.75. The molecule has 20 heavy (non-hydrogen) atoms. The molecule has 1 aromatic rings. The molecular formula is C15H21NO4. The van der Waals surface area contributed by atoms with E-state index in [0.717, 1.165) is 19.4 Å². The number of phenolic OH excluding ortho intramolecular Hbond substituents is 1. The summed E-state index contributed by atoms with van der Waals surface area (Å²) in [6.07, 6.45) is 2.12. The van der Waals surface area contributed by atoms with Crippen molar-refractivity contribution in [3.63, 3.8) is 0 Å². The Morgan fingerprint density at radius 1 is 1.55 bits per heavy atom. The first kappa shape index (κ1) is 14.7. The molecule has 0 radical (unpaired) electrons. The Kier molecular flexibility index (Phi) is 4.84. The smallest absolute Gasteiger partial charge is 0.257 e. The lowest BCUT2D eigenvalue weighted by Crippen LogP contribution is -2.35. The SMILES string of the molecule is COc1ccc(C(=O)N(C)CC2CCCOC2)c(O)c1. The number of nitrogens with zero attached hydrogens (tertiary/aromatic N) is 1. The minimum atomic E-state index is -0.185. The van der Waals surface area contributed by atoms with Crippen LogP contribution in [-0.4, -0.2) is 49.8 Å². The van der Waals surface area contributed by atoms with E-state index < -0.39 is 0 Å². The molecule has 0 aromatic heterocycles. The van der Waals surface area contributed by atoms with E-state index in [1.807, 2.05) is 0 Å². The molecule has 1 aliphatic rings. The molecule has 1 atom stereocenters. The highest BCUT2D eigenvalue weighted by Crippen LogP contribution is 2.25. The maximum Gasteiger partial charge on any atom is 0.257 e. The van der Waals surface area contributed by atoms with Gasteiger partial charge in [0, 0.05) is 26.3 Å². The van der Waals surface area contributed by atoms with Gasteiger partial charge in [0.2, 0.25) is 0 Å². The lowest BCUT2D eigenvalue weighted by atomic mass is 10.0. The largest absolute Gasteiger partial charge is 0.507 e. The Balaban J connectivity index is 2.02. The van der Waals surface area contributed by atoms with Crippen molar-refractivity contribution < 1.29 is 19.4 Å². The molecule has 0 saturated carbocycles. The van der Waals surface area contributed by atoms with E-state index in [-0.39, 0.29) is 11.7 Å². The van der Waals surface area contributed by atoms with Gasteiger partial charge >= 0.3 is 0 Å². The van der Waals surface area contributed by atoms with Crippen molar-refractivity contribution in [1.29, 1.82) is 0 Å². The minimum Gasteiger partial charge on any atom is -0.507 e. The van der Waals surface area contributed by atoms with E-state index in [9.17, 15) is 9.90 Å². The van der Waals surface area contributed by atoms with Gasteiger partial charge in [-0.2, -0.15) is 0 Å². The lowest BCUT2D eigenvalue weighted by molar-refractivity contribution is 0.0388. The molecule has 1 N–H and O–H groups in total. The summed E-state index contributed by atoms with van der Waals surface area (Å²) in [5.74, 6) is 0.664. The van der Waals surface area contributed by atoms with Crippen LogP contribution in [0, 0.1) is 5.92 Å². The van der Waals surface area contributed by atoms with Gasteiger partial charge in [0.15, 0.2) is 0 Å². The van der Waals surface area contributed by atoms with Gasteiger partial charge in [-0.25, -0.2) is 0 Å². The van der Waals surface area contributed by atoms with Crippen LogP contribution >= 0.6 is 0 Å². The van der Waals surface area contributed by atoms with Crippen LogP contribution in [0.5, 0.6) is 11.5 Å². The number of carbonyl (C=O) groups excluding carboxylic acids is 1. The number of aromatic hydroxyl groups is 1. The standard InChI is InChI=1S/C15H21NO4/c1-16(9-11-4-3-7-20-10-11)15(18)13-6-5-12(19-2)8-14(13)17/h5-6,8,11,17H,3-4,7,9-10H2,1-2H3. The van der Waals surface area contributed by atoms with Crippen molar-refractivity contribution in [2.45, 2.75) is 12.8 Å². The number of ether oxygens (including phenoxy) is 2. The molecule has 5 nitrogen and oxygen atoms in total. The summed E-state index contributed by atoms with van der Waals surface area (Å²) in [5, 5.41) is 9.90. The van der Waals surface area contributed by atoms with Crippen LogP contribution in [0.3, 0.4) is 0 Å². The Bertz CT molecular complexity index is 469. The van der Waals surface area contributed by atoms with E-state index in [0.29, 0.717) is 30.4 Å². The maximum absolute atomic E-state index is 12.3. The van der Waals surface area contributed by atoms with Crippen LogP contribution < -0.4 is 4.74 Å². The predicted octanol–water partition coefficient (Wildman–Crippen LogP) is 1.90. The van der Waals surface area contributed by atoms with Gasteiger partial charge in [-0.3, -0.25) is 4.79 Å². The van der Waals surface area contributed by atoms with E-state index in [4.69, 9.17) is 9.47 Å². The summed E-state index contributed by atoms with van der Waals surface area (Å²) < 4.78 is 10.4. The van der Waals surface area contributed by atoms with Gasteiger partial charge in [-0.15, -0.1) is 0 Å². The van der Waals surface area contributed by atoms with Crippen LogP contribution in [0.15, 0.2) is 18.2 Å². The van der Waals surface area contributed by atoms with Crippen molar-refractivity contribution in [1.82, 2.24) is 4.90 Å². The van der Waals surface area contributed by atoms with Gasteiger partial charge in [0.25, 0.3) is 5.91 Å².